The Balaban J connectivity index is 1.74. The molecule has 0 saturated carbocycles. The summed E-state index contributed by atoms with van der Waals surface area (Å²) in [5.41, 5.74) is 3.08. The maximum absolute atomic E-state index is 12.6. The van der Waals surface area contributed by atoms with Crippen LogP contribution in [0.4, 0.5) is 0 Å². The Kier molecular flexibility index (Phi) is 8.10. The molecule has 0 bridgehead atoms. The molecule has 4 nitrogen and oxygen atoms in total. The van der Waals surface area contributed by atoms with Crippen molar-refractivity contribution in [2.45, 2.75) is 13.1 Å². The lowest BCUT2D eigenvalue weighted by Crippen LogP contribution is -2.29. The number of nitrogens with zero attached hydrogens (tertiary/aromatic N) is 2. The van der Waals surface area contributed by atoms with E-state index >= 15 is 0 Å². The van der Waals surface area contributed by atoms with Crippen molar-refractivity contribution in [3.63, 3.8) is 0 Å². The molecule has 3 aromatic carbocycles. The molecule has 0 N–H and O–H groups in total. The summed E-state index contributed by atoms with van der Waals surface area (Å²) in [6, 6.07) is 27.7. The van der Waals surface area contributed by atoms with Crippen molar-refractivity contribution in [3.8, 4) is 5.75 Å². The van der Waals surface area contributed by atoms with E-state index in [1.807, 2.05) is 60.7 Å². The van der Waals surface area contributed by atoms with Crippen molar-refractivity contribution in [1.29, 1.82) is 0 Å². The Labute approximate surface area is 182 Å². The van der Waals surface area contributed by atoms with E-state index in [9.17, 15) is 4.79 Å². The van der Waals surface area contributed by atoms with Crippen molar-refractivity contribution < 1.29 is 9.53 Å². The van der Waals surface area contributed by atoms with Gasteiger partial charge in [-0.25, -0.2) is 0 Å². The van der Waals surface area contributed by atoms with E-state index in [4.69, 9.17) is 4.74 Å². The molecule has 0 saturated heterocycles. The van der Waals surface area contributed by atoms with Gasteiger partial charge >= 0.3 is 0 Å². The maximum Gasteiger partial charge on any atom is 0.173 e. The molecule has 0 spiro atoms. The van der Waals surface area contributed by atoms with Crippen LogP contribution in [0.5, 0.6) is 5.75 Å². The minimum atomic E-state index is 0.103. The van der Waals surface area contributed by atoms with E-state index < -0.39 is 0 Å². The Hall–Kier alpha value is -3.05. The second-order valence-electron chi connectivity index (χ2n) is 6.77. The minimum Gasteiger partial charge on any atom is -0.497 e. The summed E-state index contributed by atoms with van der Waals surface area (Å²) < 4.78 is 5.27. The molecule has 0 atom stereocenters. The average molecular weight is 419 g/mol. The first kappa shape index (κ1) is 21.7. The summed E-state index contributed by atoms with van der Waals surface area (Å²) >= 11 is 1.48. The Bertz CT molecular complexity index is 957. The number of ether oxygens (including phenoxy) is 1. The molecule has 5 heteroatoms. The fraction of sp³-hybridized carbons (Fsp3) is 0.200. The summed E-state index contributed by atoms with van der Waals surface area (Å²) in [6.07, 6.45) is 0. The predicted octanol–water partition coefficient (Wildman–Crippen LogP) is 5.30. The topological polar surface area (TPSA) is 41.9 Å². The van der Waals surface area contributed by atoms with Crippen molar-refractivity contribution in [2.75, 3.05) is 19.9 Å². The fourth-order valence-corrected chi connectivity index (χ4v) is 3.95. The zero-order chi connectivity index (χ0) is 21.2. The second kappa shape index (κ2) is 11.2. The fourth-order valence-electron chi connectivity index (χ4n) is 3.08. The van der Waals surface area contributed by atoms with Crippen molar-refractivity contribution in [3.05, 3.63) is 102 Å². The first-order valence-corrected chi connectivity index (χ1v) is 10.8. The van der Waals surface area contributed by atoms with Crippen molar-refractivity contribution in [1.82, 2.24) is 4.90 Å². The molecule has 0 amide bonds. The standard InChI is InChI=1S/C25H26N2O2S/c1-26-25(30-19-24(28)22-11-7-4-8-12-22)27(17-20-9-5-3-6-10-20)18-21-13-15-23(29-2)16-14-21/h3-16H,17-19H2,1-2H3. The smallest absolute Gasteiger partial charge is 0.173 e. The first-order chi connectivity index (χ1) is 14.7. The number of benzene rings is 3. The number of methoxy groups -OCH3 is 1. The number of hydrogen-bond donors (Lipinski definition) is 0. The van der Waals surface area contributed by atoms with E-state index in [0.717, 1.165) is 22.0 Å². The molecular formula is C25H26N2O2S. The van der Waals surface area contributed by atoms with Crippen LogP contribution in [-0.4, -0.2) is 35.8 Å². The van der Waals surface area contributed by atoms with Gasteiger partial charge in [-0.05, 0) is 23.3 Å². The van der Waals surface area contributed by atoms with Crippen LogP contribution < -0.4 is 4.74 Å². The lowest BCUT2D eigenvalue weighted by atomic mass is 10.1. The minimum absolute atomic E-state index is 0.103. The van der Waals surface area contributed by atoms with Gasteiger partial charge in [0.25, 0.3) is 0 Å². The molecule has 0 radical (unpaired) electrons. The number of thioether (sulfide) groups is 1. The van der Waals surface area contributed by atoms with Gasteiger partial charge in [-0.3, -0.25) is 9.79 Å². The van der Waals surface area contributed by atoms with Gasteiger partial charge in [-0.2, -0.15) is 0 Å². The van der Waals surface area contributed by atoms with Gasteiger partial charge in [0.15, 0.2) is 11.0 Å². The number of carbonyl (C=O) groups excluding carboxylic acids is 1. The average Bonchev–Trinajstić information content (AvgIpc) is 2.81. The number of rotatable bonds is 8. The van der Waals surface area contributed by atoms with Gasteiger partial charge in [0.1, 0.15) is 5.75 Å². The van der Waals surface area contributed by atoms with Crippen LogP contribution in [0.1, 0.15) is 21.5 Å². The van der Waals surface area contributed by atoms with E-state index in [2.05, 4.69) is 34.2 Å². The highest BCUT2D eigenvalue weighted by molar-refractivity contribution is 8.14. The molecule has 0 fully saturated rings. The molecular weight excluding hydrogens is 392 g/mol. The largest absolute Gasteiger partial charge is 0.497 e. The van der Waals surface area contributed by atoms with Crippen LogP contribution in [0.3, 0.4) is 0 Å². The summed E-state index contributed by atoms with van der Waals surface area (Å²) in [5, 5.41) is 0.846. The number of ketones is 1. The SMILES string of the molecule is CN=C(SCC(=O)c1ccccc1)N(Cc1ccccc1)Cc1ccc(OC)cc1. The summed E-state index contributed by atoms with van der Waals surface area (Å²) in [5.74, 6) is 1.29. The number of aliphatic imine (C=N–C) groups is 1. The molecule has 0 unspecified atom stereocenters. The third-order valence-electron chi connectivity index (χ3n) is 4.64. The van der Waals surface area contributed by atoms with Gasteiger partial charge in [0, 0.05) is 25.7 Å². The van der Waals surface area contributed by atoms with Gasteiger partial charge < -0.3 is 9.64 Å². The maximum atomic E-state index is 12.6. The Morgan fingerprint density at radius 1 is 0.867 bits per heavy atom. The molecule has 30 heavy (non-hydrogen) atoms. The molecule has 154 valence electrons. The van der Waals surface area contributed by atoms with Crippen LogP contribution in [-0.2, 0) is 13.1 Å². The van der Waals surface area contributed by atoms with Crippen LogP contribution >= 0.6 is 11.8 Å². The number of Topliss-reactive ketones (excluding diaryl/α,β-unsaturated/α-hetero) is 1. The second-order valence-corrected chi connectivity index (χ2v) is 7.72. The predicted molar refractivity (Wildman–Crippen MR) is 125 cm³/mol. The Morgan fingerprint density at radius 3 is 2.00 bits per heavy atom. The molecule has 0 aliphatic rings. The van der Waals surface area contributed by atoms with Crippen LogP contribution in [0.25, 0.3) is 0 Å². The van der Waals surface area contributed by atoms with E-state index in [1.54, 1.807) is 14.2 Å². The number of carbonyl (C=O) groups is 1. The molecule has 0 aliphatic carbocycles. The molecule has 3 aromatic rings. The van der Waals surface area contributed by atoms with Crippen LogP contribution in [0.15, 0.2) is 89.9 Å². The number of hydrogen-bond acceptors (Lipinski definition) is 4. The van der Waals surface area contributed by atoms with Crippen LogP contribution in [0.2, 0.25) is 0 Å². The molecule has 0 heterocycles. The molecule has 0 aliphatic heterocycles. The van der Waals surface area contributed by atoms with E-state index in [0.29, 0.717) is 18.8 Å². The lowest BCUT2D eigenvalue weighted by Gasteiger charge is -2.26. The van der Waals surface area contributed by atoms with Crippen molar-refractivity contribution in [2.24, 2.45) is 4.99 Å². The highest BCUT2D eigenvalue weighted by atomic mass is 32.2. The lowest BCUT2D eigenvalue weighted by molar-refractivity contribution is 0.102. The highest BCUT2D eigenvalue weighted by Crippen LogP contribution is 2.20. The van der Waals surface area contributed by atoms with Gasteiger partial charge in [-0.1, -0.05) is 84.6 Å². The van der Waals surface area contributed by atoms with E-state index in [-0.39, 0.29) is 5.78 Å². The van der Waals surface area contributed by atoms with E-state index in [1.165, 1.54) is 17.3 Å². The summed E-state index contributed by atoms with van der Waals surface area (Å²) in [7, 11) is 3.44. The van der Waals surface area contributed by atoms with Crippen molar-refractivity contribution >= 4 is 22.7 Å². The quantitative estimate of drug-likeness (QED) is 0.283. The third kappa shape index (κ3) is 6.22. The normalized spacial score (nSPS) is 11.2. The third-order valence-corrected chi connectivity index (χ3v) is 5.74. The number of amidine groups is 1. The zero-order valence-corrected chi connectivity index (χ0v) is 18.1. The summed E-state index contributed by atoms with van der Waals surface area (Å²) in [4.78, 5) is 19.3. The van der Waals surface area contributed by atoms with Gasteiger partial charge in [0.2, 0.25) is 0 Å². The summed E-state index contributed by atoms with van der Waals surface area (Å²) in [6.45, 7) is 1.41. The molecule has 0 aromatic heterocycles. The van der Waals surface area contributed by atoms with Crippen LogP contribution in [0, 0.1) is 0 Å². The monoisotopic (exact) mass is 418 g/mol. The molecule has 3 rings (SSSR count). The first-order valence-electron chi connectivity index (χ1n) is 9.79. The van der Waals surface area contributed by atoms with Gasteiger partial charge in [0.05, 0.1) is 12.9 Å². The Morgan fingerprint density at radius 2 is 1.43 bits per heavy atom. The highest BCUT2D eigenvalue weighted by Gasteiger charge is 2.16. The zero-order valence-electron chi connectivity index (χ0n) is 17.3. The van der Waals surface area contributed by atoms with Gasteiger partial charge in [-0.15, -0.1) is 0 Å².